The van der Waals surface area contributed by atoms with Crippen molar-refractivity contribution in [3.63, 3.8) is 0 Å². The Kier molecular flexibility index (Phi) is 11.0. The maximum Gasteiger partial charge on any atom is 0.466 e. The van der Waals surface area contributed by atoms with Gasteiger partial charge in [0.15, 0.2) is 0 Å². The molecule has 0 aromatic heterocycles. The molecule has 1 unspecified atom stereocenters. The molecule has 0 aliphatic rings. The van der Waals surface area contributed by atoms with Crippen LogP contribution in [0.25, 0.3) is 0 Å². The average Bonchev–Trinajstić information content (AvgIpc) is 2.66. The maximum atomic E-state index is 14.2. The summed E-state index contributed by atoms with van der Waals surface area (Å²) in [7, 11) is -6.55. The molecule has 8 nitrogen and oxygen atoms in total. The van der Waals surface area contributed by atoms with Crippen molar-refractivity contribution in [1.82, 2.24) is 4.90 Å². The molecule has 0 heterocycles. The third-order valence-corrected chi connectivity index (χ3v) is 5.41. The molecular weight excluding hydrogens is 519 g/mol. The number of amides is 1. The summed E-state index contributed by atoms with van der Waals surface area (Å²) in [5, 5.41) is -5.94. The first-order valence-corrected chi connectivity index (χ1v) is 11.9. The Hall–Kier alpha value is -1.68. The van der Waals surface area contributed by atoms with Crippen LogP contribution in [0.2, 0.25) is 0 Å². The summed E-state index contributed by atoms with van der Waals surface area (Å²) in [6.45, 7) is 4.73. The predicted molar refractivity (Wildman–Crippen MR) is 108 cm³/mol. The van der Waals surface area contributed by atoms with E-state index in [0.29, 0.717) is 4.90 Å². The normalized spacial score (nSPS) is 15.5. The van der Waals surface area contributed by atoms with Gasteiger partial charge in [0.05, 0.1) is 12.0 Å². The number of esters is 1. The van der Waals surface area contributed by atoms with Gasteiger partial charge in [-0.3, -0.25) is 14.1 Å². The molecule has 35 heavy (non-hydrogen) atoms. The summed E-state index contributed by atoms with van der Waals surface area (Å²) in [5.41, 5.74) is -1.56. The number of carbonyl (C=O) groups excluding carboxylic acids is 2. The fourth-order valence-corrected chi connectivity index (χ4v) is 3.07. The number of alkyl halides is 7. The quantitative estimate of drug-likeness (QED) is 0.119. The highest BCUT2D eigenvalue weighted by Gasteiger charge is 2.68. The first-order valence-electron chi connectivity index (χ1n) is 10.5. The van der Waals surface area contributed by atoms with Crippen LogP contribution in [-0.4, -0.2) is 72.6 Å². The fraction of sp³-hybridized carbons (Fsp3) is 0.895. The number of rotatable bonds is 13. The molecule has 0 aromatic carbocycles. The second-order valence-corrected chi connectivity index (χ2v) is 10.2. The number of nitrogens with zero attached hydrogens (tertiary/aromatic N) is 1. The monoisotopic (exact) mass is 549 g/mol. The Morgan fingerprint density at radius 2 is 1.37 bits per heavy atom. The van der Waals surface area contributed by atoms with Gasteiger partial charge in [0, 0.05) is 19.5 Å². The van der Waals surface area contributed by atoms with Crippen LogP contribution in [0.4, 0.5) is 30.7 Å². The van der Waals surface area contributed by atoms with E-state index in [-0.39, 0.29) is 25.9 Å². The number of hydrogen-bond acceptors (Lipinski definition) is 6. The van der Waals surface area contributed by atoms with Crippen molar-refractivity contribution in [1.29, 1.82) is 0 Å². The van der Waals surface area contributed by atoms with Gasteiger partial charge in [0.1, 0.15) is 0 Å². The Morgan fingerprint density at radius 1 is 0.914 bits per heavy atom. The van der Waals surface area contributed by atoms with E-state index in [0.717, 1.165) is 0 Å². The zero-order valence-corrected chi connectivity index (χ0v) is 20.7. The highest BCUT2D eigenvalue weighted by molar-refractivity contribution is 7.87. The van der Waals surface area contributed by atoms with Crippen LogP contribution in [-0.2, 0) is 29.2 Å². The average molecular weight is 550 g/mol. The van der Waals surface area contributed by atoms with Crippen molar-refractivity contribution in [2.45, 2.75) is 83.4 Å². The van der Waals surface area contributed by atoms with E-state index in [1.807, 2.05) is 0 Å². The summed E-state index contributed by atoms with van der Waals surface area (Å²) in [6, 6.07) is 0. The van der Waals surface area contributed by atoms with Gasteiger partial charge >= 0.3 is 45.1 Å². The lowest BCUT2D eigenvalue weighted by Gasteiger charge is -2.38. The van der Waals surface area contributed by atoms with Crippen molar-refractivity contribution in [3.05, 3.63) is 0 Å². The van der Waals surface area contributed by atoms with Crippen molar-refractivity contribution >= 4 is 22.0 Å². The van der Waals surface area contributed by atoms with E-state index in [9.17, 15) is 48.7 Å². The van der Waals surface area contributed by atoms with Gasteiger partial charge in [-0.1, -0.05) is 13.8 Å². The van der Waals surface area contributed by atoms with E-state index in [1.165, 1.54) is 20.8 Å². The molecule has 0 saturated carbocycles. The number of halogens is 7. The van der Waals surface area contributed by atoms with Crippen molar-refractivity contribution in [2.24, 2.45) is 5.41 Å². The van der Waals surface area contributed by atoms with Crippen molar-refractivity contribution in [2.75, 3.05) is 19.7 Å². The third kappa shape index (κ3) is 7.90. The van der Waals surface area contributed by atoms with E-state index >= 15 is 0 Å². The first kappa shape index (κ1) is 33.3. The van der Waals surface area contributed by atoms with Gasteiger partial charge in [0.25, 0.3) is 0 Å². The molecule has 0 aliphatic carbocycles. The van der Waals surface area contributed by atoms with Gasteiger partial charge in [-0.15, -0.1) is 0 Å². The molecule has 0 fully saturated rings. The molecule has 1 atom stereocenters. The topological polar surface area (TPSA) is 110 Å². The molecular formula is C19H30F7NO7S. The molecule has 16 heteroatoms. The summed E-state index contributed by atoms with van der Waals surface area (Å²) in [5.74, 6) is -13.0. The van der Waals surface area contributed by atoms with Crippen LogP contribution in [0.5, 0.6) is 0 Å². The van der Waals surface area contributed by atoms with Gasteiger partial charge in [-0.2, -0.15) is 39.2 Å². The summed E-state index contributed by atoms with van der Waals surface area (Å²) < 4.78 is 135. The highest BCUT2D eigenvalue weighted by atomic mass is 32.2. The summed E-state index contributed by atoms with van der Waals surface area (Å²) >= 11 is 0. The Labute approximate surface area is 198 Å². The Bertz CT molecular complexity index is 835. The molecule has 0 saturated heterocycles. The molecule has 208 valence electrons. The molecule has 1 amide bonds. The molecule has 1 N–H and O–H groups in total. The van der Waals surface area contributed by atoms with Crippen LogP contribution in [0.3, 0.4) is 0 Å². The molecule has 0 bridgehead atoms. The van der Waals surface area contributed by atoms with Crippen molar-refractivity contribution in [3.8, 4) is 0 Å². The Morgan fingerprint density at radius 3 is 1.71 bits per heavy atom. The number of ether oxygens (including phenoxy) is 2. The largest absolute Gasteiger partial charge is 0.466 e. The second kappa shape index (κ2) is 11.6. The standard InChI is InChI=1S/C19H30F7NO7S/c1-6-10-27(11-7-2)13(28)17(18(22,23)24,34-14(29)15(3,4)5)33-12-8-9-16(20,21)19(25,26)35(30,31)32/h6-12H2,1-5H3,(H,30,31,32). The minimum absolute atomic E-state index is 0.198. The van der Waals surface area contributed by atoms with Gasteiger partial charge < -0.3 is 14.4 Å². The molecule has 0 spiro atoms. The van der Waals surface area contributed by atoms with E-state index in [2.05, 4.69) is 9.47 Å². The van der Waals surface area contributed by atoms with Gasteiger partial charge in [-0.05, 0) is 40.0 Å². The van der Waals surface area contributed by atoms with Crippen LogP contribution in [0.1, 0.15) is 60.3 Å². The lowest BCUT2D eigenvalue weighted by Crippen LogP contribution is -2.63. The lowest BCUT2D eigenvalue weighted by molar-refractivity contribution is -0.353. The highest BCUT2D eigenvalue weighted by Crippen LogP contribution is 2.42. The van der Waals surface area contributed by atoms with E-state index < -0.39 is 70.0 Å². The van der Waals surface area contributed by atoms with E-state index in [1.54, 1.807) is 13.8 Å². The van der Waals surface area contributed by atoms with Gasteiger partial charge in [0.2, 0.25) is 0 Å². The fourth-order valence-electron chi connectivity index (χ4n) is 2.59. The first-order chi connectivity index (χ1) is 15.5. The summed E-state index contributed by atoms with van der Waals surface area (Å²) in [4.78, 5) is 26.0. The van der Waals surface area contributed by atoms with Crippen molar-refractivity contribution < 1.29 is 62.8 Å². The predicted octanol–water partition coefficient (Wildman–Crippen LogP) is 4.40. The van der Waals surface area contributed by atoms with Crippen LogP contribution in [0.15, 0.2) is 0 Å². The number of carbonyl (C=O) groups is 2. The minimum Gasteiger partial charge on any atom is -0.415 e. The van der Waals surface area contributed by atoms with Crippen LogP contribution in [0, 0.1) is 5.41 Å². The molecule has 0 aliphatic heterocycles. The van der Waals surface area contributed by atoms with Crippen LogP contribution < -0.4 is 0 Å². The SMILES string of the molecule is CCCN(CCC)C(=O)C(OCCCC(F)(F)C(F)(F)S(=O)(=O)O)(OC(=O)C(C)(C)C)C(F)(F)F. The third-order valence-electron chi connectivity index (χ3n) is 4.47. The van der Waals surface area contributed by atoms with Crippen LogP contribution >= 0.6 is 0 Å². The zero-order chi connectivity index (χ0) is 28.1. The lowest BCUT2D eigenvalue weighted by atomic mass is 9.97. The molecule has 0 aromatic rings. The summed E-state index contributed by atoms with van der Waals surface area (Å²) in [6.07, 6.45) is -8.71. The zero-order valence-electron chi connectivity index (χ0n) is 19.8. The van der Waals surface area contributed by atoms with Gasteiger partial charge in [-0.25, -0.2) is 0 Å². The second-order valence-electron chi connectivity index (χ2n) is 8.69. The smallest absolute Gasteiger partial charge is 0.415 e. The molecule has 0 rings (SSSR count). The minimum atomic E-state index is -6.55. The van der Waals surface area contributed by atoms with E-state index in [4.69, 9.17) is 4.55 Å². The number of hydrogen-bond donors (Lipinski definition) is 1. The molecule has 0 radical (unpaired) electrons. The Balaban J connectivity index is 6.18. The maximum absolute atomic E-state index is 14.2.